The van der Waals surface area contributed by atoms with Crippen LogP contribution in [-0.4, -0.2) is 116 Å². The molecule has 0 aliphatic carbocycles. The summed E-state index contributed by atoms with van der Waals surface area (Å²) in [5.41, 5.74) is -0.206. The van der Waals surface area contributed by atoms with Gasteiger partial charge in [0.1, 0.15) is 5.60 Å². The third-order valence-corrected chi connectivity index (χ3v) is 6.04. The summed E-state index contributed by atoms with van der Waals surface area (Å²) in [4.78, 5) is 53.8. The van der Waals surface area contributed by atoms with Gasteiger partial charge in [-0.05, 0) is 20.3 Å². The molecule has 2 aliphatic rings. The first kappa shape index (κ1) is 28.7. The van der Waals surface area contributed by atoms with E-state index in [-0.39, 0.29) is 49.5 Å². The van der Waals surface area contributed by atoms with Crippen molar-refractivity contribution in [3.8, 4) is 0 Å². The molecule has 0 spiro atoms. The molecule has 193 valence electrons. The summed E-state index contributed by atoms with van der Waals surface area (Å²) in [5, 5.41) is 0. The van der Waals surface area contributed by atoms with E-state index >= 15 is 0 Å². The molecule has 0 unspecified atom stereocenters. The van der Waals surface area contributed by atoms with E-state index in [0.29, 0.717) is 64.6 Å². The Hall–Kier alpha value is -2.53. The first-order chi connectivity index (χ1) is 16.6. The molecule has 0 aromatic heterocycles. The van der Waals surface area contributed by atoms with Gasteiger partial charge in [-0.1, -0.05) is 6.92 Å². The Morgan fingerprint density at radius 3 is 1.89 bits per heavy atom. The van der Waals surface area contributed by atoms with Crippen molar-refractivity contribution in [1.29, 1.82) is 0 Å². The van der Waals surface area contributed by atoms with Crippen molar-refractivity contribution in [1.82, 2.24) is 14.7 Å². The molecule has 1 fully saturated rings. The first-order valence-electron chi connectivity index (χ1n) is 12.2. The average Bonchev–Trinajstić information content (AvgIpc) is 3.13. The van der Waals surface area contributed by atoms with Crippen LogP contribution in [0.4, 0.5) is 0 Å². The van der Waals surface area contributed by atoms with Gasteiger partial charge in [-0.3, -0.25) is 9.59 Å². The summed E-state index contributed by atoms with van der Waals surface area (Å²) >= 11 is 0. The normalized spacial score (nSPS) is 18.3. The molecule has 2 heterocycles. The SMILES string of the molecule is [B]=C1C=CC(=O)N1CCC(=O)N1CCOCCN(C(=O)CCC(=O)OC(C)(C)CC)CCOCC1. The number of carbonyl (C=O) groups excluding carboxylic acids is 4. The summed E-state index contributed by atoms with van der Waals surface area (Å²) in [7, 11) is 5.77. The number of hydrogen-bond acceptors (Lipinski definition) is 7. The molecule has 10 nitrogen and oxygen atoms in total. The predicted molar refractivity (Wildman–Crippen MR) is 131 cm³/mol. The van der Waals surface area contributed by atoms with Gasteiger partial charge >= 0.3 is 142 Å². The maximum absolute atomic E-state index is 12.7. The second kappa shape index (κ2) is 14.1. The van der Waals surface area contributed by atoms with Crippen LogP contribution in [0.15, 0.2) is 12.2 Å². The topological polar surface area (TPSA) is 106 Å². The van der Waals surface area contributed by atoms with Crippen molar-refractivity contribution in [2.75, 3.05) is 59.2 Å². The fourth-order valence-electron chi connectivity index (χ4n) is 3.49. The number of rotatable bonds is 8. The molecule has 0 atom stereocenters. The molecule has 1 radical (unpaired) electrons. The molecule has 0 bridgehead atoms. The Balaban J connectivity index is 1.76. The van der Waals surface area contributed by atoms with Gasteiger partial charge in [-0.2, -0.15) is 0 Å². The van der Waals surface area contributed by atoms with Crippen molar-refractivity contribution in [3.05, 3.63) is 12.2 Å². The Labute approximate surface area is 208 Å². The molecular formula is C24H37BN3O7. The van der Waals surface area contributed by atoms with Gasteiger partial charge in [0.25, 0.3) is 0 Å². The minimum atomic E-state index is -0.543. The Morgan fingerprint density at radius 2 is 1.43 bits per heavy atom. The standard InChI is InChI=1S/C24H37BN3O7/c1-4-24(2,3)35-23(32)8-7-20(29)26-11-15-33-17-13-27(14-18-34-16-12-26)21(30)9-10-28-19(25)5-6-22(28)31/h5-6H,4,7-18H2,1-3H3. The summed E-state index contributed by atoms with van der Waals surface area (Å²) < 4.78 is 16.7. The van der Waals surface area contributed by atoms with E-state index in [1.807, 2.05) is 20.8 Å². The van der Waals surface area contributed by atoms with Crippen molar-refractivity contribution in [2.24, 2.45) is 0 Å². The van der Waals surface area contributed by atoms with Crippen LogP contribution in [0.3, 0.4) is 0 Å². The zero-order valence-electron chi connectivity index (χ0n) is 21.1. The van der Waals surface area contributed by atoms with Crippen molar-refractivity contribution in [2.45, 2.75) is 52.1 Å². The number of carbonyl (C=O) groups is 4. The molecule has 0 aromatic carbocycles. The summed E-state index contributed by atoms with van der Waals surface area (Å²) in [6.45, 7) is 8.55. The Bertz CT molecular complexity index is 783. The summed E-state index contributed by atoms with van der Waals surface area (Å²) in [5.74, 6) is -0.879. The van der Waals surface area contributed by atoms with Gasteiger partial charge in [0.05, 0.1) is 6.42 Å². The number of ether oxygens (including phenoxy) is 3. The number of nitrogens with zero attached hydrogens (tertiary/aromatic N) is 3. The van der Waals surface area contributed by atoms with Crippen LogP contribution in [0, 0.1) is 0 Å². The minimum absolute atomic E-state index is 0.0278. The van der Waals surface area contributed by atoms with Gasteiger partial charge < -0.3 is 4.74 Å². The third kappa shape index (κ3) is 9.93. The Kier molecular flexibility index (Phi) is 11.6. The van der Waals surface area contributed by atoms with E-state index in [9.17, 15) is 19.2 Å². The molecule has 3 amide bonds. The zero-order chi connectivity index (χ0) is 25.8. The third-order valence-electron chi connectivity index (χ3n) is 6.04. The zero-order valence-corrected chi connectivity index (χ0v) is 21.1. The second-order valence-electron chi connectivity index (χ2n) is 9.07. The van der Waals surface area contributed by atoms with Crippen LogP contribution >= 0.6 is 0 Å². The van der Waals surface area contributed by atoms with Gasteiger partial charge in [0, 0.05) is 6.42 Å². The predicted octanol–water partition coefficient (Wildman–Crippen LogP) is 0.289. The van der Waals surface area contributed by atoms with Crippen LogP contribution in [0.25, 0.3) is 0 Å². The van der Waals surface area contributed by atoms with Gasteiger partial charge in [0.15, 0.2) is 0 Å². The van der Waals surface area contributed by atoms with Gasteiger partial charge in [0.2, 0.25) is 5.91 Å². The van der Waals surface area contributed by atoms with E-state index < -0.39 is 5.60 Å². The molecule has 1 saturated heterocycles. The molecule has 2 rings (SSSR count). The van der Waals surface area contributed by atoms with E-state index in [0.717, 1.165) is 0 Å². The molecular weight excluding hydrogens is 453 g/mol. The van der Waals surface area contributed by atoms with E-state index in [1.165, 1.54) is 17.1 Å². The first-order valence-corrected chi connectivity index (χ1v) is 12.2. The maximum atomic E-state index is 12.7. The van der Waals surface area contributed by atoms with Crippen molar-refractivity contribution < 1.29 is 33.4 Å². The van der Waals surface area contributed by atoms with E-state index in [2.05, 4.69) is 0 Å². The van der Waals surface area contributed by atoms with Crippen LogP contribution in [0.5, 0.6) is 0 Å². The molecule has 0 saturated carbocycles. The molecule has 2 aliphatic heterocycles. The number of esters is 1. The average molecular weight is 490 g/mol. The number of amides is 3. The monoisotopic (exact) mass is 490 g/mol. The molecule has 11 heteroatoms. The molecule has 0 N–H and O–H groups in total. The van der Waals surface area contributed by atoms with Crippen LogP contribution in [0.1, 0.15) is 46.5 Å². The van der Waals surface area contributed by atoms with Gasteiger partial charge in [-0.25, -0.2) is 0 Å². The summed E-state index contributed by atoms with van der Waals surface area (Å²) in [6.07, 6.45) is 3.84. The van der Waals surface area contributed by atoms with Gasteiger partial charge in [-0.15, -0.1) is 0 Å². The fourth-order valence-corrected chi connectivity index (χ4v) is 3.49. The van der Waals surface area contributed by atoms with E-state index in [4.69, 9.17) is 21.7 Å². The fraction of sp³-hybridized carbons (Fsp3) is 0.708. The number of hydrogen-bond donors (Lipinski definition) is 0. The van der Waals surface area contributed by atoms with Crippen LogP contribution in [0.2, 0.25) is 0 Å². The quantitative estimate of drug-likeness (QED) is 0.356. The summed E-state index contributed by atoms with van der Waals surface area (Å²) in [6, 6.07) is 0. The van der Waals surface area contributed by atoms with Crippen LogP contribution < -0.4 is 0 Å². The molecule has 0 aromatic rings. The van der Waals surface area contributed by atoms with Crippen molar-refractivity contribution in [3.63, 3.8) is 0 Å². The second-order valence-corrected chi connectivity index (χ2v) is 9.07. The Morgan fingerprint density at radius 1 is 0.914 bits per heavy atom. The van der Waals surface area contributed by atoms with E-state index in [1.54, 1.807) is 9.80 Å². The van der Waals surface area contributed by atoms with Crippen molar-refractivity contribution >= 4 is 36.8 Å². The van der Waals surface area contributed by atoms with Crippen LogP contribution in [-0.2, 0) is 33.4 Å². The molecule has 35 heavy (non-hydrogen) atoms.